The van der Waals surface area contributed by atoms with Crippen LogP contribution in [-0.2, 0) is 21.5 Å². The van der Waals surface area contributed by atoms with Gasteiger partial charge >= 0.3 is 0 Å². The van der Waals surface area contributed by atoms with Crippen LogP contribution in [0.15, 0.2) is 53.1 Å². The van der Waals surface area contributed by atoms with E-state index in [-0.39, 0.29) is 5.91 Å². The van der Waals surface area contributed by atoms with Gasteiger partial charge in [0.1, 0.15) is 5.82 Å². The fourth-order valence-electron chi connectivity index (χ4n) is 5.39. The molecule has 8 nitrogen and oxygen atoms in total. The van der Waals surface area contributed by atoms with Gasteiger partial charge in [-0.3, -0.25) is 4.79 Å². The van der Waals surface area contributed by atoms with Crippen LogP contribution in [0.3, 0.4) is 0 Å². The third kappa shape index (κ3) is 5.70. The molecule has 38 heavy (non-hydrogen) atoms. The lowest BCUT2D eigenvalue weighted by Crippen LogP contribution is -2.35. The Hall–Kier alpha value is -3.01. The summed E-state index contributed by atoms with van der Waals surface area (Å²) in [7, 11) is 1.76. The molecule has 1 saturated heterocycles. The molecule has 200 valence electrons. The van der Waals surface area contributed by atoms with Crippen molar-refractivity contribution in [2.24, 2.45) is 0 Å². The molecule has 5 rings (SSSR count). The number of halogens is 1. The molecule has 0 atom stereocenters. The predicted molar refractivity (Wildman–Crippen MR) is 155 cm³/mol. The van der Waals surface area contributed by atoms with Gasteiger partial charge in [0, 0.05) is 37.8 Å². The maximum absolute atomic E-state index is 12.4. The average molecular weight is 580 g/mol. The third-order valence-corrected chi connectivity index (χ3v) is 8.20. The SMILES string of the molecule is COCCN1CCC(c2ccc(Nc3ncc(Br)c(NCc4cccc5c4C(C)(C)C(=O)N5)n3)cc2)CC1. The highest BCUT2D eigenvalue weighted by molar-refractivity contribution is 9.10. The van der Waals surface area contributed by atoms with Gasteiger partial charge in [-0.1, -0.05) is 24.3 Å². The molecule has 3 N–H and O–H groups in total. The number of hydrogen-bond donors (Lipinski definition) is 3. The summed E-state index contributed by atoms with van der Waals surface area (Å²) in [6, 6.07) is 14.6. The first kappa shape index (κ1) is 26.6. The number of carbonyl (C=O) groups excluding carboxylic acids is 1. The number of amides is 1. The number of hydrogen-bond acceptors (Lipinski definition) is 7. The minimum atomic E-state index is -0.573. The Kier molecular flexibility index (Phi) is 7.97. The molecule has 2 aliphatic rings. The highest BCUT2D eigenvalue weighted by Gasteiger charge is 2.39. The molecule has 0 radical (unpaired) electrons. The van der Waals surface area contributed by atoms with Crippen molar-refractivity contribution in [3.8, 4) is 0 Å². The van der Waals surface area contributed by atoms with Crippen molar-refractivity contribution < 1.29 is 9.53 Å². The van der Waals surface area contributed by atoms with Crippen molar-refractivity contribution in [2.45, 2.75) is 44.6 Å². The fraction of sp³-hybridized carbons (Fsp3) is 0.414. The molecule has 1 amide bonds. The molecule has 0 bridgehead atoms. The summed E-state index contributed by atoms with van der Waals surface area (Å²) in [6.45, 7) is 8.49. The monoisotopic (exact) mass is 578 g/mol. The van der Waals surface area contributed by atoms with E-state index in [1.807, 2.05) is 32.0 Å². The van der Waals surface area contributed by atoms with Gasteiger partial charge in [-0.25, -0.2) is 4.98 Å². The van der Waals surface area contributed by atoms with E-state index in [0.29, 0.717) is 24.2 Å². The van der Waals surface area contributed by atoms with Crippen molar-refractivity contribution >= 4 is 45.0 Å². The minimum absolute atomic E-state index is 0.0215. The van der Waals surface area contributed by atoms with Crippen molar-refractivity contribution in [1.82, 2.24) is 14.9 Å². The minimum Gasteiger partial charge on any atom is -0.383 e. The number of anilines is 4. The Balaban J connectivity index is 1.22. The zero-order chi connectivity index (χ0) is 26.7. The Morgan fingerprint density at radius 2 is 1.92 bits per heavy atom. The van der Waals surface area contributed by atoms with Crippen molar-refractivity contribution in [1.29, 1.82) is 0 Å². The van der Waals surface area contributed by atoms with Crippen LogP contribution >= 0.6 is 15.9 Å². The lowest BCUT2D eigenvalue weighted by molar-refractivity contribution is -0.119. The van der Waals surface area contributed by atoms with Gasteiger partial charge in [0.2, 0.25) is 11.9 Å². The Morgan fingerprint density at radius 3 is 2.66 bits per heavy atom. The largest absolute Gasteiger partial charge is 0.383 e. The second-order valence-electron chi connectivity index (χ2n) is 10.5. The summed E-state index contributed by atoms with van der Waals surface area (Å²) < 4.78 is 5.99. The van der Waals surface area contributed by atoms with Crippen LogP contribution in [0.1, 0.15) is 49.3 Å². The first-order valence-corrected chi connectivity index (χ1v) is 13.9. The van der Waals surface area contributed by atoms with Gasteiger partial charge in [0.15, 0.2) is 0 Å². The van der Waals surface area contributed by atoms with Crippen LogP contribution in [0.25, 0.3) is 0 Å². The number of nitrogens with zero attached hydrogens (tertiary/aromatic N) is 3. The van der Waals surface area contributed by atoms with E-state index in [1.54, 1.807) is 13.3 Å². The normalized spacial score (nSPS) is 17.2. The predicted octanol–water partition coefficient (Wildman–Crippen LogP) is 5.65. The van der Waals surface area contributed by atoms with Crippen molar-refractivity contribution in [3.63, 3.8) is 0 Å². The van der Waals surface area contributed by atoms with E-state index in [1.165, 1.54) is 18.4 Å². The molecule has 1 aromatic heterocycles. The van der Waals surface area contributed by atoms with Gasteiger partial charge in [-0.05, 0) is 96.5 Å². The molecule has 1 fully saturated rings. The van der Waals surface area contributed by atoms with E-state index >= 15 is 0 Å². The lowest BCUT2D eigenvalue weighted by Gasteiger charge is -2.32. The summed E-state index contributed by atoms with van der Waals surface area (Å²) in [5, 5.41) is 9.74. The molecular formula is C29H35BrN6O2. The van der Waals surface area contributed by atoms with Gasteiger partial charge in [0.05, 0.1) is 16.5 Å². The van der Waals surface area contributed by atoms with E-state index in [4.69, 9.17) is 9.72 Å². The zero-order valence-corrected chi connectivity index (χ0v) is 23.8. The molecule has 0 aliphatic carbocycles. The summed E-state index contributed by atoms with van der Waals surface area (Å²) >= 11 is 3.56. The molecule has 2 aromatic carbocycles. The number of fused-ring (bicyclic) bond motifs is 1. The smallest absolute Gasteiger partial charge is 0.234 e. The van der Waals surface area contributed by atoms with E-state index in [9.17, 15) is 4.79 Å². The van der Waals surface area contributed by atoms with Gasteiger partial charge in [0.25, 0.3) is 0 Å². The van der Waals surface area contributed by atoms with Crippen LogP contribution < -0.4 is 16.0 Å². The van der Waals surface area contributed by atoms with E-state index in [0.717, 1.165) is 53.2 Å². The summed E-state index contributed by atoms with van der Waals surface area (Å²) in [5.74, 6) is 1.82. The average Bonchev–Trinajstić information content (AvgIpc) is 3.16. The standard InChI is InChI=1S/C29H35BrN6O2/c1-29(2)25-21(5-4-6-24(25)34-27(29)37)17-31-26-23(30)18-32-28(35-26)33-22-9-7-19(8-10-22)20-11-13-36(14-12-20)15-16-38-3/h4-10,18,20H,11-17H2,1-3H3,(H,34,37)(H2,31,32,33,35). The summed E-state index contributed by atoms with van der Waals surface area (Å²) in [5.41, 5.74) is 4.73. The third-order valence-electron chi connectivity index (χ3n) is 7.62. The molecule has 9 heteroatoms. The van der Waals surface area contributed by atoms with Gasteiger partial charge in [-0.15, -0.1) is 0 Å². The topological polar surface area (TPSA) is 91.4 Å². The van der Waals surface area contributed by atoms with E-state index < -0.39 is 5.41 Å². The molecular weight excluding hydrogens is 544 g/mol. The number of piperidine rings is 1. The van der Waals surface area contributed by atoms with Crippen LogP contribution in [0.4, 0.5) is 23.1 Å². The second-order valence-corrected chi connectivity index (χ2v) is 11.4. The number of aromatic nitrogens is 2. The Morgan fingerprint density at radius 1 is 1.16 bits per heavy atom. The summed E-state index contributed by atoms with van der Waals surface area (Å²) in [4.78, 5) is 24.1. The number of ether oxygens (including phenoxy) is 1. The van der Waals surface area contributed by atoms with E-state index in [2.05, 4.69) is 66.0 Å². The van der Waals surface area contributed by atoms with Gasteiger partial charge in [-0.2, -0.15) is 4.98 Å². The Labute approximate surface area is 232 Å². The fourth-order valence-corrected chi connectivity index (χ4v) is 5.72. The van der Waals surface area contributed by atoms with Crippen molar-refractivity contribution in [2.75, 3.05) is 49.3 Å². The number of benzene rings is 2. The van der Waals surface area contributed by atoms with Gasteiger partial charge < -0.3 is 25.6 Å². The first-order chi connectivity index (χ1) is 18.3. The Bertz CT molecular complexity index is 1290. The van der Waals surface area contributed by atoms with Crippen LogP contribution in [-0.4, -0.2) is 54.1 Å². The summed E-state index contributed by atoms with van der Waals surface area (Å²) in [6.07, 6.45) is 4.09. The molecule has 3 aromatic rings. The number of rotatable bonds is 9. The van der Waals surface area contributed by atoms with Crippen molar-refractivity contribution in [3.05, 3.63) is 69.8 Å². The molecule has 3 heterocycles. The number of carbonyl (C=O) groups is 1. The lowest BCUT2D eigenvalue weighted by atomic mass is 9.83. The highest BCUT2D eigenvalue weighted by atomic mass is 79.9. The molecule has 0 unspecified atom stereocenters. The quantitative estimate of drug-likeness (QED) is 0.302. The number of methoxy groups -OCH3 is 1. The maximum atomic E-state index is 12.4. The molecule has 0 saturated carbocycles. The highest BCUT2D eigenvalue weighted by Crippen LogP contribution is 2.40. The molecule has 2 aliphatic heterocycles. The first-order valence-electron chi connectivity index (χ1n) is 13.1. The van der Waals surface area contributed by atoms with Crippen LogP contribution in [0.2, 0.25) is 0 Å². The zero-order valence-electron chi connectivity index (χ0n) is 22.2. The van der Waals surface area contributed by atoms with Crippen LogP contribution in [0, 0.1) is 0 Å². The second kappa shape index (κ2) is 11.4. The van der Waals surface area contributed by atoms with Crippen LogP contribution in [0.5, 0.6) is 0 Å². The number of nitrogens with one attached hydrogen (secondary N) is 3. The maximum Gasteiger partial charge on any atom is 0.234 e. The number of likely N-dealkylation sites (tertiary alicyclic amines) is 1. The molecule has 0 spiro atoms.